The maximum absolute atomic E-state index is 9.51. The van der Waals surface area contributed by atoms with Crippen LogP contribution in [-0.4, -0.2) is 18.3 Å². The number of hydrogen-bond acceptors (Lipinski definition) is 3. The summed E-state index contributed by atoms with van der Waals surface area (Å²) in [7, 11) is 0. The highest BCUT2D eigenvalue weighted by molar-refractivity contribution is 5.44. The molecule has 0 aromatic heterocycles. The summed E-state index contributed by atoms with van der Waals surface area (Å²) in [6.07, 6.45) is 4.25. The Balaban J connectivity index is 3.02. The van der Waals surface area contributed by atoms with Crippen LogP contribution in [0.2, 0.25) is 0 Å². The van der Waals surface area contributed by atoms with Crippen LogP contribution in [0.3, 0.4) is 0 Å². The van der Waals surface area contributed by atoms with Gasteiger partial charge in [-0.25, -0.2) is 0 Å². The number of aliphatic hydroxyl groups is 1. The van der Waals surface area contributed by atoms with E-state index in [0.717, 1.165) is 0 Å². The molecule has 3 nitrogen and oxygen atoms in total. The number of rotatable bonds is 5. The molecule has 0 heterocycles. The van der Waals surface area contributed by atoms with Crippen LogP contribution in [0.5, 0.6) is 11.5 Å². The molecule has 0 saturated carbocycles. The van der Waals surface area contributed by atoms with Gasteiger partial charge in [0.15, 0.2) is 11.5 Å². The smallest absolute Gasteiger partial charge is 0.161 e. The van der Waals surface area contributed by atoms with Crippen LogP contribution in [0.1, 0.15) is 25.5 Å². The lowest BCUT2D eigenvalue weighted by Crippen LogP contribution is -2.01. The summed E-state index contributed by atoms with van der Waals surface area (Å²) in [5, 5.41) is 9.51. The predicted molar refractivity (Wildman–Crippen MR) is 62.6 cm³/mol. The summed E-state index contributed by atoms with van der Waals surface area (Å²) in [6, 6.07) is 5.20. The van der Waals surface area contributed by atoms with Crippen LogP contribution < -0.4 is 9.47 Å². The molecule has 0 fully saturated rings. The zero-order valence-corrected chi connectivity index (χ0v) is 9.56. The molecule has 1 unspecified atom stereocenters. The predicted octanol–water partition coefficient (Wildman–Crippen LogP) is 2.15. The fourth-order valence-electron chi connectivity index (χ4n) is 1.33. The van der Waals surface area contributed by atoms with Gasteiger partial charge >= 0.3 is 0 Å². The Labute approximate surface area is 96.0 Å². The van der Waals surface area contributed by atoms with Crippen molar-refractivity contribution in [2.45, 2.75) is 20.0 Å². The maximum Gasteiger partial charge on any atom is 0.161 e. The van der Waals surface area contributed by atoms with Crippen molar-refractivity contribution in [1.29, 1.82) is 0 Å². The van der Waals surface area contributed by atoms with Crippen molar-refractivity contribution in [3.8, 4) is 23.8 Å². The van der Waals surface area contributed by atoms with Crippen molar-refractivity contribution < 1.29 is 14.6 Å². The van der Waals surface area contributed by atoms with E-state index in [1.807, 2.05) is 13.8 Å². The third-order valence-electron chi connectivity index (χ3n) is 2.04. The molecule has 0 radical (unpaired) electrons. The van der Waals surface area contributed by atoms with Gasteiger partial charge in [-0.3, -0.25) is 0 Å². The average molecular weight is 220 g/mol. The van der Waals surface area contributed by atoms with E-state index in [1.165, 1.54) is 0 Å². The lowest BCUT2D eigenvalue weighted by Gasteiger charge is -2.13. The Kier molecular flexibility index (Phi) is 4.68. The van der Waals surface area contributed by atoms with Crippen molar-refractivity contribution in [2.24, 2.45) is 0 Å². The molecule has 0 aliphatic heterocycles. The van der Waals surface area contributed by atoms with Gasteiger partial charge in [-0.1, -0.05) is 12.0 Å². The summed E-state index contributed by atoms with van der Waals surface area (Å²) >= 11 is 0. The second kappa shape index (κ2) is 6.04. The minimum absolute atomic E-state index is 0.537. The summed E-state index contributed by atoms with van der Waals surface area (Å²) in [5.74, 6) is 3.53. The van der Waals surface area contributed by atoms with E-state index in [9.17, 15) is 5.11 Å². The number of terminal acetylenes is 1. The summed E-state index contributed by atoms with van der Waals surface area (Å²) in [6.45, 7) is 4.90. The first-order valence-corrected chi connectivity index (χ1v) is 5.26. The number of aliphatic hydroxyl groups excluding tert-OH is 1. The van der Waals surface area contributed by atoms with E-state index in [4.69, 9.17) is 15.9 Å². The van der Waals surface area contributed by atoms with Crippen molar-refractivity contribution in [2.75, 3.05) is 13.2 Å². The highest BCUT2D eigenvalue weighted by Crippen LogP contribution is 2.30. The largest absolute Gasteiger partial charge is 0.490 e. The fourth-order valence-corrected chi connectivity index (χ4v) is 1.33. The summed E-state index contributed by atoms with van der Waals surface area (Å²) in [4.78, 5) is 0. The maximum atomic E-state index is 9.51. The molecule has 0 aliphatic rings. The molecule has 1 N–H and O–H groups in total. The molecule has 16 heavy (non-hydrogen) atoms. The fraction of sp³-hybridized carbons (Fsp3) is 0.385. The van der Waals surface area contributed by atoms with E-state index < -0.39 is 6.10 Å². The first-order valence-electron chi connectivity index (χ1n) is 5.26. The molecule has 3 heteroatoms. The number of ether oxygens (including phenoxy) is 2. The Morgan fingerprint density at radius 1 is 1.25 bits per heavy atom. The third kappa shape index (κ3) is 2.91. The molecule has 1 aromatic carbocycles. The first kappa shape index (κ1) is 12.4. The Bertz CT molecular complexity index is 379. The van der Waals surface area contributed by atoms with Crippen molar-refractivity contribution in [1.82, 2.24) is 0 Å². The van der Waals surface area contributed by atoms with Crippen molar-refractivity contribution in [3.05, 3.63) is 23.8 Å². The van der Waals surface area contributed by atoms with Gasteiger partial charge in [-0.2, -0.15) is 0 Å². The van der Waals surface area contributed by atoms with Crippen molar-refractivity contribution in [3.63, 3.8) is 0 Å². The minimum Gasteiger partial charge on any atom is -0.490 e. The Morgan fingerprint density at radius 3 is 2.44 bits per heavy atom. The first-order chi connectivity index (χ1) is 7.72. The summed E-state index contributed by atoms with van der Waals surface area (Å²) in [5.41, 5.74) is 0.634. The number of benzene rings is 1. The van der Waals surface area contributed by atoms with Gasteiger partial charge in [0.05, 0.1) is 13.2 Å². The van der Waals surface area contributed by atoms with Gasteiger partial charge in [0.1, 0.15) is 6.10 Å². The molecular formula is C13H16O3. The van der Waals surface area contributed by atoms with Gasteiger partial charge in [-0.05, 0) is 31.5 Å². The standard InChI is InChI=1S/C13H16O3/c1-4-11(14)10-7-8-12(15-5-2)13(9-10)16-6-3/h1,7-9,11,14H,5-6H2,2-3H3. The summed E-state index contributed by atoms with van der Waals surface area (Å²) < 4.78 is 10.8. The molecule has 0 spiro atoms. The van der Waals surface area contributed by atoms with Crippen LogP contribution in [-0.2, 0) is 0 Å². The van der Waals surface area contributed by atoms with E-state index in [-0.39, 0.29) is 0 Å². The van der Waals surface area contributed by atoms with Crippen LogP contribution in [0.15, 0.2) is 18.2 Å². The molecule has 0 amide bonds. The SMILES string of the molecule is C#CC(O)c1ccc(OCC)c(OCC)c1. The lowest BCUT2D eigenvalue weighted by molar-refractivity contribution is 0.236. The molecule has 0 aliphatic carbocycles. The minimum atomic E-state index is -0.908. The topological polar surface area (TPSA) is 38.7 Å². The van der Waals surface area contributed by atoms with Crippen LogP contribution in [0.25, 0.3) is 0 Å². The molecule has 1 rings (SSSR count). The van der Waals surface area contributed by atoms with Crippen LogP contribution >= 0.6 is 0 Å². The third-order valence-corrected chi connectivity index (χ3v) is 2.04. The van der Waals surface area contributed by atoms with Crippen LogP contribution in [0, 0.1) is 12.3 Å². The van der Waals surface area contributed by atoms with Crippen LogP contribution in [0.4, 0.5) is 0 Å². The second-order valence-corrected chi connectivity index (χ2v) is 3.14. The highest BCUT2D eigenvalue weighted by Gasteiger charge is 2.09. The zero-order valence-electron chi connectivity index (χ0n) is 9.56. The Morgan fingerprint density at radius 2 is 1.88 bits per heavy atom. The highest BCUT2D eigenvalue weighted by atomic mass is 16.5. The molecule has 86 valence electrons. The quantitative estimate of drug-likeness (QED) is 0.773. The normalized spacial score (nSPS) is 11.6. The molecule has 0 bridgehead atoms. The van der Waals surface area contributed by atoms with Gasteiger partial charge in [0.2, 0.25) is 0 Å². The Hall–Kier alpha value is -1.66. The molecule has 0 saturated heterocycles. The molecule has 1 atom stereocenters. The average Bonchev–Trinajstić information content (AvgIpc) is 2.31. The van der Waals surface area contributed by atoms with E-state index >= 15 is 0 Å². The monoisotopic (exact) mass is 220 g/mol. The van der Waals surface area contributed by atoms with Crippen molar-refractivity contribution >= 4 is 0 Å². The zero-order chi connectivity index (χ0) is 12.0. The lowest BCUT2D eigenvalue weighted by atomic mass is 10.1. The van der Waals surface area contributed by atoms with E-state index in [1.54, 1.807) is 18.2 Å². The van der Waals surface area contributed by atoms with Gasteiger partial charge < -0.3 is 14.6 Å². The second-order valence-electron chi connectivity index (χ2n) is 3.14. The number of hydrogen-bond donors (Lipinski definition) is 1. The molecular weight excluding hydrogens is 204 g/mol. The van der Waals surface area contributed by atoms with Gasteiger partial charge in [0.25, 0.3) is 0 Å². The molecule has 1 aromatic rings. The van der Waals surface area contributed by atoms with E-state index in [2.05, 4.69) is 5.92 Å². The van der Waals surface area contributed by atoms with Gasteiger partial charge in [-0.15, -0.1) is 6.42 Å². The van der Waals surface area contributed by atoms with Gasteiger partial charge in [0, 0.05) is 0 Å². The van der Waals surface area contributed by atoms with E-state index in [0.29, 0.717) is 30.3 Å².